The van der Waals surface area contributed by atoms with Gasteiger partial charge >= 0.3 is 0 Å². The number of fused-ring (bicyclic) bond motifs is 1. The fraction of sp³-hybridized carbons (Fsp3) is 0.278. The van der Waals surface area contributed by atoms with Gasteiger partial charge in [0.15, 0.2) is 0 Å². The topological polar surface area (TPSA) is 12.4 Å². The lowest BCUT2D eigenvalue weighted by molar-refractivity contribution is 0.902. The number of aliphatic imine (C=N–C) groups is 1. The van der Waals surface area contributed by atoms with Crippen LogP contribution in [0.15, 0.2) is 70.4 Å². The summed E-state index contributed by atoms with van der Waals surface area (Å²) in [7, 11) is 0. The van der Waals surface area contributed by atoms with Crippen LogP contribution in [0.1, 0.15) is 31.7 Å². The van der Waals surface area contributed by atoms with Crippen LogP contribution in [-0.2, 0) is 6.42 Å². The summed E-state index contributed by atoms with van der Waals surface area (Å²) in [6.07, 6.45) is 11.1. The van der Waals surface area contributed by atoms with Crippen LogP contribution in [-0.4, -0.2) is 5.71 Å². The molecule has 0 saturated carbocycles. The van der Waals surface area contributed by atoms with Crippen LogP contribution in [0.4, 0.5) is 0 Å². The predicted octanol–water partition coefficient (Wildman–Crippen LogP) is 4.62. The predicted molar refractivity (Wildman–Crippen MR) is 81.4 cm³/mol. The Labute approximate surface area is 115 Å². The van der Waals surface area contributed by atoms with E-state index in [9.17, 15) is 0 Å². The van der Waals surface area contributed by atoms with Gasteiger partial charge in [-0.15, -0.1) is 0 Å². The lowest BCUT2D eigenvalue weighted by Gasteiger charge is -2.11. The van der Waals surface area contributed by atoms with Gasteiger partial charge in [-0.25, -0.2) is 0 Å². The Kier molecular flexibility index (Phi) is 3.45. The fourth-order valence-electron chi connectivity index (χ4n) is 2.72. The molecule has 0 fully saturated rings. The van der Waals surface area contributed by atoms with Crippen LogP contribution in [0.2, 0.25) is 0 Å². The molecule has 96 valence electrons. The molecule has 1 aromatic rings. The van der Waals surface area contributed by atoms with Gasteiger partial charge in [-0.05, 0) is 35.6 Å². The summed E-state index contributed by atoms with van der Waals surface area (Å²) in [6, 6.07) is 10.6. The second kappa shape index (κ2) is 5.40. The van der Waals surface area contributed by atoms with E-state index in [1.807, 2.05) is 0 Å². The summed E-state index contributed by atoms with van der Waals surface area (Å²) in [5.41, 5.74) is 6.59. The molecule has 0 amide bonds. The summed E-state index contributed by atoms with van der Waals surface area (Å²) in [4.78, 5) is 4.86. The summed E-state index contributed by atoms with van der Waals surface area (Å²) in [5.74, 6) is 0. The molecule has 0 unspecified atom stereocenters. The lowest BCUT2D eigenvalue weighted by Crippen LogP contribution is -1.96. The maximum absolute atomic E-state index is 4.86. The summed E-state index contributed by atoms with van der Waals surface area (Å²) < 4.78 is 0. The van der Waals surface area contributed by atoms with Crippen LogP contribution in [0.5, 0.6) is 0 Å². The van der Waals surface area contributed by atoms with Gasteiger partial charge in [0.05, 0.1) is 5.70 Å². The smallest absolute Gasteiger partial charge is 0.0700 e. The van der Waals surface area contributed by atoms with Crippen molar-refractivity contribution < 1.29 is 0 Å². The van der Waals surface area contributed by atoms with E-state index in [0.29, 0.717) is 0 Å². The third-order valence-corrected chi connectivity index (χ3v) is 3.61. The zero-order valence-corrected chi connectivity index (χ0v) is 11.4. The fourth-order valence-corrected chi connectivity index (χ4v) is 2.72. The Morgan fingerprint density at radius 3 is 2.79 bits per heavy atom. The number of nitrogens with zero attached hydrogens (tertiary/aromatic N) is 1. The number of rotatable bonds is 4. The average molecular weight is 249 g/mol. The second-order valence-electron chi connectivity index (χ2n) is 5.17. The molecular formula is C18H19N. The first-order valence-electron chi connectivity index (χ1n) is 7.09. The Morgan fingerprint density at radius 1 is 1.16 bits per heavy atom. The zero-order chi connectivity index (χ0) is 13.1. The maximum atomic E-state index is 4.86. The summed E-state index contributed by atoms with van der Waals surface area (Å²) in [5, 5.41) is 0. The largest absolute Gasteiger partial charge is 0.253 e. The molecule has 0 atom stereocenters. The number of hydrogen-bond donors (Lipinski definition) is 0. The van der Waals surface area contributed by atoms with E-state index >= 15 is 0 Å². The third kappa shape index (κ3) is 2.60. The van der Waals surface area contributed by atoms with Crippen molar-refractivity contribution in [2.75, 3.05) is 0 Å². The minimum absolute atomic E-state index is 0.938. The monoisotopic (exact) mass is 249 g/mol. The van der Waals surface area contributed by atoms with E-state index in [1.54, 1.807) is 0 Å². The zero-order valence-electron chi connectivity index (χ0n) is 11.4. The molecule has 1 aromatic carbocycles. The van der Waals surface area contributed by atoms with Crippen LogP contribution >= 0.6 is 0 Å². The van der Waals surface area contributed by atoms with E-state index in [0.717, 1.165) is 19.3 Å². The molecule has 1 aliphatic carbocycles. The number of allylic oxidation sites excluding steroid dienone is 5. The van der Waals surface area contributed by atoms with Gasteiger partial charge in [-0.2, -0.15) is 0 Å². The van der Waals surface area contributed by atoms with Gasteiger partial charge in [-0.1, -0.05) is 55.8 Å². The molecule has 1 heterocycles. The highest BCUT2D eigenvalue weighted by molar-refractivity contribution is 6.01. The van der Waals surface area contributed by atoms with E-state index in [-0.39, 0.29) is 0 Å². The van der Waals surface area contributed by atoms with Crippen molar-refractivity contribution in [3.8, 4) is 0 Å². The Balaban J connectivity index is 1.85. The van der Waals surface area contributed by atoms with Gasteiger partial charge < -0.3 is 0 Å². The van der Waals surface area contributed by atoms with Crippen LogP contribution < -0.4 is 0 Å². The number of benzene rings is 1. The van der Waals surface area contributed by atoms with Gasteiger partial charge in [-0.3, -0.25) is 4.99 Å². The van der Waals surface area contributed by atoms with E-state index in [1.165, 1.54) is 34.5 Å². The quantitative estimate of drug-likeness (QED) is 0.738. The first-order chi connectivity index (χ1) is 9.36. The van der Waals surface area contributed by atoms with Gasteiger partial charge in [0.1, 0.15) is 0 Å². The van der Waals surface area contributed by atoms with Crippen molar-refractivity contribution in [1.82, 2.24) is 0 Å². The Hall–Kier alpha value is -1.89. The molecular weight excluding hydrogens is 230 g/mol. The molecule has 2 aliphatic rings. The maximum Gasteiger partial charge on any atom is 0.0700 e. The normalized spacial score (nSPS) is 17.3. The van der Waals surface area contributed by atoms with Gasteiger partial charge in [0.25, 0.3) is 0 Å². The molecule has 1 aliphatic heterocycles. The van der Waals surface area contributed by atoms with E-state index < -0.39 is 0 Å². The average Bonchev–Trinajstić information content (AvgIpc) is 2.84. The van der Waals surface area contributed by atoms with E-state index in [2.05, 4.69) is 55.5 Å². The standard InChI is InChI=1S/C18H19N/c1-2-7-15-10-6-11-16-13-17(19-18(15)16)12-14-8-4-3-5-9-14/h3-6,8-10,13H,2,7,11-12H2,1H3. The number of hydrogen-bond acceptors (Lipinski definition) is 1. The molecule has 0 radical (unpaired) electrons. The highest BCUT2D eigenvalue weighted by atomic mass is 14.8. The van der Waals surface area contributed by atoms with Gasteiger partial charge in [0, 0.05) is 12.1 Å². The third-order valence-electron chi connectivity index (χ3n) is 3.61. The van der Waals surface area contributed by atoms with Crippen molar-refractivity contribution in [2.24, 2.45) is 4.99 Å². The minimum Gasteiger partial charge on any atom is -0.253 e. The SMILES string of the molecule is CCCC1=C2N=C(Cc3ccccc3)C=C2CC=C1. The minimum atomic E-state index is 0.938. The summed E-state index contributed by atoms with van der Waals surface area (Å²) in [6.45, 7) is 2.23. The molecule has 0 bridgehead atoms. The van der Waals surface area contributed by atoms with E-state index in [4.69, 9.17) is 4.99 Å². The molecule has 0 spiro atoms. The van der Waals surface area contributed by atoms with Crippen LogP contribution in [0, 0.1) is 0 Å². The molecule has 3 rings (SSSR count). The van der Waals surface area contributed by atoms with Crippen molar-refractivity contribution in [3.63, 3.8) is 0 Å². The molecule has 19 heavy (non-hydrogen) atoms. The Bertz CT molecular complexity index is 585. The highest BCUT2D eigenvalue weighted by Gasteiger charge is 2.18. The first-order valence-corrected chi connectivity index (χ1v) is 7.09. The lowest BCUT2D eigenvalue weighted by atomic mass is 9.96. The van der Waals surface area contributed by atoms with Crippen molar-refractivity contribution in [3.05, 3.63) is 71.0 Å². The van der Waals surface area contributed by atoms with Crippen molar-refractivity contribution in [2.45, 2.75) is 32.6 Å². The second-order valence-corrected chi connectivity index (χ2v) is 5.17. The molecule has 1 heteroatoms. The Morgan fingerprint density at radius 2 is 2.00 bits per heavy atom. The van der Waals surface area contributed by atoms with Crippen molar-refractivity contribution in [1.29, 1.82) is 0 Å². The highest BCUT2D eigenvalue weighted by Crippen LogP contribution is 2.32. The van der Waals surface area contributed by atoms with Crippen LogP contribution in [0.25, 0.3) is 0 Å². The molecule has 0 N–H and O–H groups in total. The molecule has 1 nitrogen and oxygen atoms in total. The molecule has 0 aromatic heterocycles. The summed E-state index contributed by atoms with van der Waals surface area (Å²) >= 11 is 0. The van der Waals surface area contributed by atoms with Crippen LogP contribution in [0.3, 0.4) is 0 Å². The van der Waals surface area contributed by atoms with Gasteiger partial charge in [0.2, 0.25) is 0 Å². The molecule has 0 saturated heterocycles. The first kappa shape index (κ1) is 12.2. The van der Waals surface area contributed by atoms with Crippen molar-refractivity contribution >= 4 is 5.71 Å².